The maximum Gasteiger partial charge on any atom is 0.375 e. The molecule has 1 aromatic heterocycles. The largest absolute Gasteiger partial charge is 0.454 e. The molecule has 7 nitrogen and oxygen atoms in total. The molecule has 0 atom stereocenters. The molecule has 0 amide bonds. The first kappa shape index (κ1) is 22.8. The van der Waals surface area contributed by atoms with E-state index >= 15 is 0 Å². The third kappa shape index (κ3) is 4.72. The topological polar surface area (TPSA) is 99.7 Å². The predicted molar refractivity (Wildman–Crippen MR) is 113 cm³/mol. The summed E-state index contributed by atoms with van der Waals surface area (Å²) < 4.78 is 38.3. The second-order valence-corrected chi connectivity index (χ2v) is 7.85. The van der Waals surface area contributed by atoms with Gasteiger partial charge in [-0.3, -0.25) is 10.1 Å². The molecule has 3 rings (SSSR count). The minimum Gasteiger partial charge on any atom is -0.454 e. The zero-order valence-electron chi connectivity index (χ0n) is 17.4. The summed E-state index contributed by atoms with van der Waals surface area (Å²) in [6, 6.07) is 12.3. The molecular formula is C23H19F2NO6. The molecule has 32 heavy (non-hydrogen) atoms. The van der Waals surface area contributed by atoms with Gasteiger partial charge in [0.1, 0.15) is 5.60 Å². The fraction of sp³-hybridized carbons (Fsp3) is 0.217. The van der Waals surface area contributed by atoms with E-state index in [0.717, 1.165) is 24.3 Å². The van der Waals surface area contributed by atoms with Gasteiger partial charge in [0.25, 0.3) is 12.1 Å². The van der Waals surface area contributed by atoms with Crippen molar-refractivity contribution in [2.45, 2.75) is 32.8 Å². The summed E-state index contributed by atoms with van der Waals surface area (Å²) in [5.41, 5.74) is -3.73. The number of rotatable bonds is 5. The van der Waals surface area contributed by atoms with Crippen LogP contribution in [0.3, 0.4) is 0 Å². The fourth-order valence-electron chi connectivity index (χ4n) is 3.22. The normalized spacial score (nSPS) is 11.4. The summed E-state index contributed by atoms with van der Waals surface area (Å²) in [6.45, 7) is 4.71. The van der Waals surface area contributed by atoms with Crippen molar-refractivity contribution in [3.8, 4) is 22.3 Å². The maximum atomic E-state index is 13.9. The van der Waals surface area contributed by atoms with Gasteiger partial charge in [-0.15, -0.1) is 0 Å². The predicted octanol–water partition coefficient (Wildman–Crippen LogP) is 5.77. The number of carbonyl (C=O) groups is 1. The minimum absolute atomic E-state index is 0.0268. The average molecular weight is 443 g/mol. The Morgan fingerprint density at radius 3 is 2.28 bits per heavy atom. The highest BCUT2D eigenvalue weighted by molar-refractivity contribution is 6.02. The van der Waals surface area contributed by atoms with Gasteiger partial charge in [-0.25, -0.2) is 18.4 Å². The van der Waals surface area contributed by atoms with Crippen molar-refractivity contribution < 1.29 is 27.7 Å². The molecule has 1 heterocycles. The fourth-order valence-corrected chi connectivity index (χ4v) is 3.22. The molecular weight excluding hydrogens is 424 g/mol. The summed E-state index contributed by atoms with van der Waals surface area (Å²) >= 11 is 0. The van der Waals surface area contributed by atoms with E-state index in [1.807, 2.05) is 0 Å². The number of nitro benzene ring substituents is 1. The van der Waals surface area contributed by atoms with Gasteiger partial charge in [-0.1, -0.05) is 42.5 Å². The molecule has 3 aromatic rings. The van der Waals surface area contributed by atoms with E-state index in [-0.39, 0.29) is 11.1 Å². The van der Waals surface area contributed by atoms with E-state index in [4.69, 9.17) is 9.15 Å². The summed E-state index contributed by atoms with van der Waals surface area (Å²) in [5, 5.41) is 11.7. The number of carbonyl (C=O) groups excluding carboxylic acids is 1. The van der Waals surface area contributed by atoms with Crippen molar-refractivity contribution in [3.63, 3.8) is 0 Å². The second-order valence-electron chi connectivity index (χ2n) is 7.85. The van der Waals surface area contributed by atoms with Crippen molar-refractivity contribution in [1.29, 1.82) is 0 Å². The van der Waals surface area contributed by atoms with Gasteiger partial charge in [0, 0.05) is 28.8 Å². The summed E-state index contributed by atoms with van der Waals surface area (Å²) in [7, 11) is 0. The summed E-state index contributed by atoms with van der Waals surface area (Å²) in [6.07, 6.45) is -3.10. The Balaban J connectivity index is 2.50. The number of alkyl halides is 2. The molecule has 0 N–H and O–H groups in total. The number of hydrogen-bond donors (Lipinski definition) is 0. The van der Waals surface area contributed by atoms with Crippen LogP contribution in [0.4, 0.5) is 14.5 Å². The summed E-state index contributed by atoms with van der Waals surface area (Å²) in [5.74, 6) is -1.80. The van der Waals surface area contributed by atoms with Crippen molar-refractivity contribution in [2.24, 2.45) is 0 Å². The second kappa shape index (κ2) is 8.70. The number of hydrogen-bond acceptors (Lipinski definition) is 6. The van der Waals surface area contributed by atoms with Crippen LogP contribution in [0.15, 0.2) is 63.8 Å². The number of nitrogens with zero attached hydrogens (tertiary/aromatic N) is 1. The summed E-state index contributed by atoms with van der Waals surface area (Å²) in [4.78, 5) is 36.2. The van der Waals surface area contributed by atoms with Crippen molar-refractivity contribution in [2.75, 3.05) is 0 Å². The molecule has 0 aliphatic heterocycles. The first-order valence-electron chi connectivity index (χ1n) is 9.52. The SMILES string of the molecule is CC(C)(C)OC(=O)c1oc(=O)cc(-c2ccccc2)c1-c1c(C(F)F)cccc1[N+](=O)[O-]. The monoisotopic (exact) mass is 443 g/mol. The lowest BCUT2D eigenvalue weighted by atomic mass is 9.90. The van der Waals surface area contributed by atoms with Gasteiger partial charge >= 0.3 is 11.6 Å². The molecule has 0 aliphatic carbocycles. The number of nitro groups is 1. The Hall–Kier alpha value is -3.88. The molecule has 2 aromatic carbocycles. The molecule has 9 heteroatoms. The quantitative estimate of drug-likeness (QED) is 0.282. The van der Waals surface area contributed by atoms with E-state index < -0.39 is 51.1 Å². The van der Waals surface area contributed by atoms with Gasteiger partial charge in [-0.05, 0) is 26.3 Å². The van der Waals surface area contributed by atoms with E-state index in [1.165, 1.54) is 0 Å². The van der Waals surface area contributed by atoms with Crippen LogP contribution < -0.4 is 5.63 Å². The molecule has 0 radical (unpaired) electrons. The van der Waals surface area contributed by atoms with E-state index in [2.05, 4.69) is 0 Å². The third-order valence-electron chi connectivity index (χ3n) is 4.39. The zero-order chi connectivity index (χ0) is 23.6. The zero-order valence-corrected chi connectivity index (χ0v) is 17.4. The average Bonchev–Trinajstić information content (AvgIpc) is 2.72. The first-order chi connectivity index (χ1) is 15.0. The Labute approximate surface area is 181 Å². The van der Waals surface area contributed by atoms with Crippen LogP contribution in [0, 0.1) is 10.1 Å². The number of halogens is 2. The van der Waals surface area contributed by atoms with Crippen molar-refractivity contribution in [3.05, 3.63) is 86.5 Å². The molecule has 166 valence electrons. The molecule has 0 spiro atoms. The van der Waals surface area contributed by atoms with Gasteiger partial charge < -0.3 is 9.15 Å². The smallest absolute Gasteiger partial charge is 0.375 e. The number of benzene rings is 2. The highest BCUT2D eigenvalue weighted by atomic mass is 19.3. The third-order valence-corrected chi connectivity index (χ3v) is 4.39. The first-order valence-corrected chi connectivity index (χ1v) is 9.52. The molecule has 0 bridgehead atoms. The van der Waals surface area contributed by atoms with Crippen LogP contribution in [0.5, 0.6) is 0 Å². The lowest BCUT2D eigenvalue weighted by Gasteiger charge is -2.21. The standard InChI is InChI=1S/C23H19F2NO6/c1-23(2,3)32-22(28)20-19(15(12-17(27)31-20)13-8-5-4-6-9-13)18-14(21(24)25)10-7-11-16(18)26(29)30/h4-12,21H,1-3H3. The number of ether oxygens (including phenoxy) is 1. The Morgan fingerprint density at radius 1 is 1.06 bits per heavy atom. The minimum atomic E-state index is -3.10. The van der Waals surface area contributed by atoms with E-state index in [0.29, 0.717) is 5.56 Å². The van der Waals surface area contributed by atoms with Crippen molar-refractivity contribution in [1.82, 2.24) is 0 Å². The Morgan fingerprint density at radius 2 is 1.72 bits per heavy atom. The number of esters is 1. The van der Waals surface area contributed by atoms with Gasteiger partial charge in [0.15, 0.2) is 0 Å². The van der Waals surface area contributed by atoms with Crippen LogP contribution in [0.25, 0.3) is 22.3 Å². The van der Waals surface area contributed by atoms with E-state index in [1.54, 1.807) is 51.1 Å². The van der Waals surface area contributed by atoms with Gasteiger partial charge in [-0.2, -0.15) is 0 Å². The Bertz CT molecular complexity index is 1230. The molecule has 0 saturated carbocycles. The van der Waals surface area contributed by atoms with Gasteiger partial charge in [0.05, 0.1) is 10.5 Å². The van der Waals surface area contributed by atoms with Crippen LogP contribution in [0.2, 0.25) is 0 Å². The van der Waals surface area contributed by atoms with E-state index in [9.17, 15) is 28.5 Å². The maximum absolute atomic E-state index is 13.9. The van der Waals surface area contributed by atoms with Crippen LogP contribution in [-0.2, 0) is 4.74 Å². The lowest BCUT2D eigenvalue weighted by molar-refractivity contribution is -0.384. The Kier molecular flexibility index (Phi) is 6.20. The molecule has 0 unspecified atom stereocenters. The van der Waals surface area contributed by atoms with Crippen LogP contribution >= 0.6 is 0 Å². The van der Waals surface area contributed by atoms with Crippen molar-refractivity contribution >= 4 is 11.7 Å². The molecule has 0 aliphatic rings. The highest BCUT2D eigenvalue weighted by Crippen LogP contribution is 2.44. The molecule has 0 saturated heterocycles. The van der Waals surface area contributed by atoms with Crippen LogP contribution in [0.1, 0.15) is 43.3 Å². The van der Waals surface area contributed by atoms with Crippen LogP contribution in [-0.4, -0.2) is 16.5 Å². The highest BCUT2D eigenvalue weighted by Gasteiger charge is 2.33. The lowest BCUT2D eigenvalue weighted by Crippen LogP contribution is -2.25. The van der Waals surface area contributed by atoms with Gasteiger partial charge in [0.2, 0.25) is 5.76 Å². The molecule has 0 fully saturated rings.